The molecular weight excluding hydrogens is 438 g/mol. The van der Waals surface area contributed by atoms with Crippen LogP contribution in [-0.4, -0.2) is 29.7 Å². The first-order valence-electron chi connectivity index (χ1n) is 10.5. The summed E-state index contributed by atoms with van der Waals surface area (Å²) in [6.07, 6.45) is 2.80. The fourth-order valence-corrected chi connectivity index (χ4v) is 4.76. The van der Waals surface area contributed by atoms with Crippen LogP contribution >= 0.6 is 11.3 Å². The van der Waals surface area contributed by atoms with Crippen LogP contribution in [0.5, 0.6) is 5.75 Å². The Morgan fingerprint density at radius 3 is 2.58 bits per heavy atom. The summed E-state index contributed by atoms with van der Waals surface area (Å²) in [4.78, 5) is 41.7. The lowest BCUT2D eigenvalue weighted by Crippen LogP contribution is -2.31. The third-order valence-corrected chi connectivity index (χ3v) is 6.28. The zero-order valence-corrected chi connectivity index (χ0v) is 20.0. The Hall–Kier alpha value is -3.52. The number of aromatic nitrogens is 1. The lowest BCUT2D eigenvalue weighted by atomic mass is 9.83. The Morgan fingerprint density at radius 1 is 1.18 bits per heavy atom. The molecule has 1 aromatic heterocycles. The molecule has 7 nitrogen and oxygen atoms in total. The molecule has 0 fully saturated rings. The predicted octanol–water partition coefficient (Wildman–Crippen LogP) is 5.05. The highest BCUT2D eigenvalue weighted by atomic mass is 32.1. The number of rotatable bonds is 4. The van der Waals surface area contributed by atoms with Crippen LogP contribution in [0.15, 0.2) is 42.6 Å². The van der Waals surface area contributed by atoms with Crippen molar-refractivity contribution >= 4 is 50.0 Å². The van der Waals surface area contributed by atoms with Gasteiger partial charge >= 0.3 is 0 Å². The molecule has 170 valence electrons. The number of amides is 2. The number of nitrogens with one attached hydrogen (secondary N) is 1. The van der Waals surface area contributed by atoms with Crippen LogP contribution in [0.1, 0.15) is 39.7 Å². The van der Waals surface area contributed by atoms with Crippen LogP contribution in [0.25, 0.3) is 21.3 Å². The average molecular weight is 464 g/mol. The number of hydrogen-bond donors (Lipinski definition) is 1. The second kappa shape index (κ2) is 8.44. The number of thiazole rings is 1. The summed E-state index contributed by atoms with van der Waals surface area (Å²) in [5, 5.41) is 3.27. The second-order valence-electron chi connectivity index (χ2n) is 8.93. The highest BCUT2D eigenvalue weighted by molar-refractivity contribution is 7.22. The van der Waals surface area contributed by atoms with E-state index < -0.39 is 0 Å². The van der Waals surface area contributed by atoms with E-state index in [4.69, 9.17) is 4.74 Å². The minimum absolute atomic E-state index is 0.151. The Balaban J connectivity index is 1.91. The van der Waals surface area contributed by atoms with Gasteiger partial charge in [-0.25, -0.2) is 4.98 Å². The Kier molecular flexibility index (Phi) is 5.80. The van der Waals surface area contributed by atoms with Gasteiger partial charge in [-0.05, 0) is 41.3 Å². The monoisotopic (exact) mass is 463 g/mol. The number of anilines is 2. The van der Waals surface area contributed by atoms with Crippen LogP contribution < -0.4 is 15.0 Å². The highest BCUT2D eigenvalue weighted by Crippen LogP contribution is 2.44. The van der Waals surface area contributed by atoms with Gasteiger partial charge in [-0.1, -0.05) is 38.2 Å². The molecule has 4 rings (SSSR count). The molecule has 0 saturated heterocycles. The van der Waals surface area contributed by atoms with Gasteiger partial charge in [-0.3, -0.25) is 19.3 Å². The molecule has 1 N–H and O–H groups in total. The van der Waals surface area contributed by atoms with Crippen molar-refractivity contribution in [1.82, 2.24) is 4.98 Å². The van der Waals surface area contributed by atoms with Gasteiger partial charge in [-0.2, -0.15) is 0 Å². The van der Waals surface area contributed by atoms with Crippen molar-refractivity contribution in [1.29, 1.82) is 0 Å². The summed E-state index contributed by atoms with van der Waals surface area (Å²) in [6.45, 7) is 7.71. The van der Waals surface area contributed by atoms with E-state index in [1.807, 2.05) is 30.3 Å². The minimum atomic E-state index is -0.267. The molecule has 0 bridgehead atoms. The van der Waals surface area contributed by atoms with Gasteiger partial charge in [-0.15, -0.1) is 0 Å². The molecule has 33 heavy (non-hydrogen) atoms. The summed E-state index contributed by atoms with van der Waals surface area (Å²) in [5.74, 6) is 0.0842. The zero-order chi connectivity index (χ0) is 23.9. The van der Waals surface area contributed by atoms with Crippen molar-refractivity contribution in [2.24, 2.45) is 0 Å². The first-order valence-corrected chi connectivity index (χ1v) is 11.3. The fourth-order valence-electron chi connectivity index (χ4n) is 3.80. The molecule has 0 unspecified atom stereocenters. The van der Waals surface area contributed by atoms with E-state index in [9.17, 15) is 14.4 Å². The fraction of sp³-hybridized carbons (Fsp3) is 0.280. The smallest absolute Gasteiger partial charge is 0.238 e. The van der Waals surface area contributed by atoms with Crippen molar-refractivity contribution in [3.63, 3.8) is 0 Å². The van der Waals surface area contributed by atoms with Gasteiger partial charge < -0.3 is 10.1 Å². The van der Waals surface area contributed by atoms with Crippen LogP contribution in [0, 0.1) is 0 Å². The van der Waals surface area contributed by atoms with Gasteiger partial charge in [0.2, 0.25) is 11.8 Å². The van der Waals surface area contributed by atoms with E-state index in [0.29, 0.717) is 10.8 Å². The largest absolute Gasteiger partial charge is 0.496 e. The number of nitrogens with zero attached hydrogens (tertiary/aromatic N) is 2. The number of allylic oxidation sites excluding steroid dienone is 1. The van der Waals surface area contributed by atoms with E-state index in [1.54, 1.807) is 7.11 Å². The number of carbonyl (C=O) groups excluding carboxylic acids is 3. The Bertz CT molecular complexity index is 1320. The van der Waals surface area contributed by atoms with Gasteiger partial charge in [0.05, 0.1) is 23.7 Å². The van der Waals surface area contributed by atoms with E-state index in [-0.39, 0.29) is 29.4 Å². The van der Waals surface area contributed by atoms with Gasteiger partial charge in [0, 0.05) is 29.9 Å². The summed E-state index contributed by atoms with van der Waals surface area (Å²) in [5.41, 5.74) is 3.86. The number of fused-ring (bicyclic) bond motifs is 1. The quantitative estimate of drug-likeness (QED) is 0.547. The molecule has 0 atom stereocenters. The number of ether oxygens (including phenoxy) is 1. The molecule has 0 aliphatic carbocycles. The lowest BCUT2D eigenvalue weighted by molar-refractivity contribution is -0.124. The van der Waals surface area contributed by atoms with Gasteiger partial charge in [0.15, 0.2) is 10.9 Å². The van der Waals surface area contributed by atoms with Crippen molar-refractivity contribution in [3.8, 4) is 16.9 Å². The van der Waals surface area contributed by atoms with E-state index >= 15 is 0 Å². The predicted molar refractivity (Wildman–Crippen MR) is 131 cm³/mol. The third-order valence-electron chi connectivity index (χ3n) is 5.35. The maximum atomic E-state index is 12.6. The van der Waals surface area contributed by atoms with E-state index in [2.05, 4.69) is 31.1 Å². The molecule has 0 saturated carbocycles. The van der Waals surface area contributed by atoms with E-state index in [0.717, 1.165) is 32.7 Å². The van der Waals surface area contributed by atoms with Crippen molar-refractivity contribution in [2.75, 3.05) is 17.3 Å². The summed E-state index contributed by atoms with van der Waals surface area (Å²) in [7, 11) is 1.64. The molecule has 0 spiro atoms. The Morgan fingerprint density at radius 2 is 1.94 bits per heavy atom. The number of benzene rings is 2. The van der Waals surface area contributed by atoms with Crippen LogP contribution in [0.2, 0.25) is 0 Å². The molecule has 1 aliphatic rings. The molecule has 2 aromatic carbocycles. The molecule has 2 amide bonds. The molecule has 2 heterocycles. The second-order valence-corrected chi connectivity index (χ2v) is 9.96. The maximum Gasteiger partial charge on any atom is 0.238 e. The maximum absolute atomic E-state index is 12.6. The average Bonchev–Trinajstić information content (AvgIpc) is 3.12. The third kappa shape index (κ3) is 4.52. The topological polar surface area (TPSA) is 88.6 Å². The SMILES string of the molecule is COc1c(-c2ccc3nc(NC(C)=O)sc3c2)cc(N2C=CC(=O)CC2=O)cc1C(C)(C)C. The first-order chi connectivity index (χ1) is 15.6. The Labute approximate surface area is 196 Å². The van der Waals surface area contributed by atoms with Crippen molar-refractivity contribution < 1.29 is 19.1 Å². The molecule has 1 aliphatic heterocycles. The first kappa shape index (κ1) is 22.7. The van der Waals surface area contributed by atoms with Gasteiger partial charge in [0.1, 0.15) is 5.75 Å². The van der Waals surface area contributed by atoms with Crippen molar-refractivity contribution in [2.45, 2.75) is 39.5 Å². The molecule has 3 aromatic rings. The van der Waals surface area contributed by atoms with Crippen LogP contribution in [0.4, 0.5) is 10.8 Å². The summed E-state index contributed by atoms with van der Waals surface area (Å²) < 4.78 is 6.79. The highest BCUT2D eigenvalue weighted by Gasteiger charge is 2.27. The molecule has 8 heteroatoms. The minimum Gasteiger partial charge on any atom is -0.496 e. The summed E-state index contributed by atoms with van der Waals surface area (Å²) in [6, 6.07) is 9.71. The summed E-state index contributed by atoms with van der Waals surface area (Å²) >= 11 is 1.39. The standard InChI is InChI=1S/C25H25N3O4S/c1-14(29)26-24-27-20-7-6-15(10-21(20)33-24)18-11-16(28-9-8-17(30)13-22(28)31)12-19(23(18)32-5)25(2,3)4/h6-12H,13H2,1-5H3,(H,26,27,29). The number of ketones is 1. The van der Waals surface area contributed by atoms with Crippen molar-refractivity contribution in [3.05, 3.63) is 48.2 Å². The molecular formula is C25H25N3O4S. The lowest BCUT2D eigenvalue weighted by Gasteiger charge is -2.28. The van der Waals surface area contributed by atoms with Crippen LogP contribution in [-0.2, 0) is 19.8 Å². The number of carbonyl (C=O) groups is 3. The molecule has 0 radical (unpaired) electrons. The normalized spacial score (nSPS) is 14.2. The van der Waals surface area contributed by atoms with E-state index in [1.165, 1.54) is 35.4 Å². The number of hydrogen-bond acceptors (Lipinski definition) is 6. The zero-order valence-electron chi connectivity index (χ0n) is 19.2. The number of methoxy groups -OCH3 is 1. The van der Waals surface area contributed by atoms with Gasteiger partial charge in [0.25, 0.3) is 0 Å². The van der Waals surface area contributed by atoms with Crippen LogP contribution in [0.3, 0.4) is 0 Å².